The Morgan fingerprint density at radius 2 is 2.11 bits per heavy atom. The molecule has 0 aromatic carbocycles. The molecule has 1 heterocycles. The smallest absolute Gasteiger partial charge is 0.215 e. The summed E-state index contributed by atoms with van der Waals surface area (Å²) < 4.78 is 5.10. The van der Waals surface area contributed by atoms with Crippen molar-refractivity contribution >= 4 is 11.5 Å². The van der Waals surface area contributed by atoms with Gasteiger partial charge in [0, 0.05) is 12.6 Å². The Morgan fingerprint density at radius 1 is 1.33 bits per heavy atom. The SMILES string of the molecule is COc1ccc(N)c(NCCC2CCCCC2)n1. The van der Waals surface area contributed by atoms with Gasteiger partial charge in [0.1, 0.15) is 0 Å². The van der Waals surface area contributed by atoms with Crippen LogP contribution in [0.15, 0.2) is 12.1 Å². The van der Waals surface area contributed by atoms with Gasteiger partial charge in [0.05, 0.1) is 12.8 Å². The molecule has 100 valence electrons. The van der Waals surface area contributed by atoms with E-state index in [0.717, 1.165) is 18.3 Å². The highest BCUT2D eigenvalue weighted by molar-refractivity contribution is 5.61. The van der Waals surface area contributed by atoms with Crippen LogP contribution >= 0.6 is 0 Å². The highest BCUT2D eigenvalue weighted by Crippen LogP contribution is 2.26. The number of methoxy groups -OCH3 is 1. The molecule has 1 aromatic heterocycles. The van der Waals surface area contributed by atoms with Gasteiger partial charge in [0.2, 0.25) is 5.88 Å². The lowest BCUT2D eigenvalue weighted by Gasteiger charge is -2.21. The quantitative estimate of drug-likeness (QED) is 0.842. The number of pyridine rings is 1. The molecular formula is C14H23N3O. The molecule has 1 fully saturated rings. The maximum absolute atomic E-state index is 5.88. The minimum absolute atomic E-state index is 0.601. The van der Waals surface area contributed by atoms with Crippen molar-refractivity contribution in [2.45, 2.75) is 38.5 Å². The van der Waals surface area contributed by atoms with Crippen LogP contribution in [-0.4, -0.2) is 18.6 Å². The fourth-order valence-corrected chi connectivity index (χ4v) is 2.58. The number of nitrogens with zero attached hydrogens (tertiary/aromatic N) is 1. The van der Waals surface area contributed by atoms with Crippen molar-refractivity contribution in [1.82, 2.24) is 4.98 Å². The summed E-state index contributed by atoms with van der Waals surface area (Å²) in [5.41, 5.74) is 6.56. The number of nitrogen functional groups attached to an aromatic ring is 1. The van der Waals surface area contributed by atoms with Gasteiger partial charge in [-0.2, -0.15) is 4.98 Å². The van der Waals surface area contributed by atoms with Gasteiger partial charge in [0.15, 0.2) is 5.82 Å². The summed E-state index contributed by atoms with van der Waals surface area (Å²) in [6.45, 7) is 0.940. The fraction of sp³-hybridized carbons (Fsp3) is 0.643. The van der Waals surface area contributed by atoms with E-state index in [1.165, 1.54) is 38.5 Å². The first kappa shape index (κ1) is 13.0. The molecule has 18 heavy (non-hydrogen) atoms. The van der Waals surface area contributed by atoms with Crippen LogP contribution in [0.4, 0.5) is 11.5 Å². The summed E-state index contributed by atoms with van der Waals surface area (Å²) in [6.07, 6.45) is 8.16. The summed E-state index contributed by atoms with van der Waals surface area (Å²) >= 11 is 0. The van der Waals surface area contributed by atoms with Gasteiger partial charge in [-0.1, -0.05) is 32.1 Å². The van der Waals surface area contributed by atoms with E-state index in [9.17, 15) is 0 Å². The molecule has 0 radical (unpaired) electrons. The van der Waals surface area contributed by atoms with Crippen LogP contribution in [0.25, 0.3) is 0 Å². The van der Waals surface area contributed by atoms with Crippen LogP contribution in [0.1, 0.15) is 38.5 Å². The summed E-state index contributed by atoms with van der Waals surface area (Å²) in [4.78, 5) is 4.32. The zero-order valence-corrected chi connectivity index (χ0v) is 11.1. The Labute approximate surface area is 109 Å². The maximum atomic E-state index is 5.88. The van der Waals surface area contributed by atoms with Crippen LogP contribution in [0, 0.1) is 5.92 Å². The number of hydrogen-bond acceptors (Lipinski definition) is 4. The van der Waals surface area contributed by atoms with Gasteiger partial charge in [0.25, 0.3) is 0 Å². The third-order valence-corrected chi connectivity index (χ3v) is 3.68. The number of rotatable bonds is 5. The second-order valence-corrected chi connectivity index (χ2v) is 5.01. The van der Waals surface area contributed by atoms with Crippen LogP contribution < -0.4 is 15.8 Å². The molecule has 4 heteroatoms. The van der Waals surface area contributed by atoms with E-state index in [-0.39, 0.29) is 0 Å². The van der Waals surface area contributed by atoms with Crippen molar-refractivity contribution < 1.29 is 4.74 Å². The summed E-state index contributed by atoms with van der Waals surface area (Å²) in [5.74, 6) is 2.22. The van der Waals surface area contributed by atoms with E-state index in [2.05, 4.69) is 10.3 Å². The first-order valence-electron chi connectivity index (χ1n) is 6.84. The first-order valence-corrected chi connectivity index (χ1v) is 6.84. The van der Waals surface area contributed by atoms with Gasteiger partial charge in [-0.15, -0.1) is 0 Å². The maximum Gasteiger partial charge on any atom is 0.215 e. The molecule has 1 aliphatic carbocycles. The topological polar surface area (TPSA) is 60.2 Å². The minimum Gasteiger partial charge on any atom is -0.481 e. The average molecular weight is 249 g/mol. The predicted molar refractivity (Wildman–Crippen MR) is 74.9 cm³/mol. The van der Waals surface area contributed by atoms with Gasteiger partial charge in [-0.05, 0) is 18.4 Å². The molecule has 1 aliphatic rings. The molecule has 4 nitrogen and oxygen atoms in total. The second kappa shape index (κ2) is 6.47. The molecule has 0 spiro atoms. The Bertz CT molecular complexity index is 375. The molecule has 3 N–H and O–H groups in total. The Balaban J connectivity index is 1.81. The van der Waals surface area contributed by atoms with E-state index in [4.69, 9.17) is 10.5 Å². The number of hydrogen-bond donors (Lipinski definition) is 2. The second-order valence-electron chi connectivity index (χ2n) is 5.01. The third-order valence-electron chi connectivity index (χ3n) is 3.68. The molecule has 0 aliphatic heterocycles. The standard InChI is InChI=1S/C14H23N3O/c1-18-13-8-7-12(15)14(17-13)16-10-9-11-5-3-2-4-6-11/h7-8,11H,2-6,9-10,15H2,1H3,(H,16,17). The average Bonchev–Trinajstić information content (AvgIpc) is 2.42. The molecule has 0 unspecified atom stereocenters. The monoisotopic (exact) mass is 249 g/mol. The van der Waals surface area contributed by atoms with Crippen molar-refractivity contribution in [3.8, 4) is 5.88 Å². The lowest BCUT2D eigenvalue weighted by Crippen LogP contribution is -2.13. The van der Waals surface area contributed by atoms with Crippen LogP contribution in [-0.2, 0) is 0 Å². The number of aromatic nitrogens is 1. The summed E-state index contributed by atoms with van der Waals surface area (Å²) in [7, 11) is 1.62. The van der Waals surface area contributed by atoms with Gasteiger partial charge < -0.3 is 15.8 Å². The third kappa shape index (κ3) is 3.52. The molecule has 1 saturated carbocycles. The normalized spacial score (nSPS) is 16.5. The Kier molecular flexibility index (Phi) is 4.67. The molecule has 0 bridgehead atoms. The lowest BCUT2D eigenvalue weighted by atomic mass is 9.87. The largest absolute Gasteiger partial charge is 0.481 e. The van der Waals surface area contributed by atoms with Crippen LogP contribution in [0.5, 0.6) is 5.88 Å². The van der Waals surface area contributed by atoms with Crippen molar-refractivity contribution in [2.24, 2.45) is 5.92 Å². The predicted octanol–water partition coefficient (Wildman–Crippen LogP) is 3.05. The van der Waals surface area contributed by atoms with Crippen LogP contribution in [0.2, 0.25) is 0 Å². The number of ether oxygens (including phenoxy) is 1. The molecule has 1 aromatic rings. The number of anilines is 2. The van der Waals surface area contributed by atoms with Gasteiger partial charge >= 0.3 is 0 Å². The van der Waals surface area contributed by atoms with Crippen molar-refractivity contribution in [3.63, 3.8) is 0 Å². The van der Waals surface area contributed by atoms with E-state index < -0.39 is 0 Å². The lowest BCUT2D eigenvalue weighted by molar-refractivity contribution is 0.345. The van der Waals surface area contributed by atoms with E-state index >= 15 is 0 Å². The van der Waals surface area contributed by atoms with E-state index in [1.807, 2.05) is 6.07 Å². The molecule has 0 amide bonds. The van der Waals surface area contributed by atoms with Crippen molar-refractivity contribution in [2.75, 3.05) is 24.7 Å². The minimum atomic E-state index is 0.601. The van der Waals surface area contributed by atoms with Crippen molar-refractivity contribution in [1.29, 1.82) is 0 Å². The summed E-state index contributed by atoms with van der Waals surface area (Å²) in [5, 5.41) is 3.32. The molecule has 0 saturated heterocycles. The number of nitrogens with two attached hydrogens (primary N) is 1. The zero-order valence-electron chi connectivity index (χ0n) is 11.1. The molecule has 0 atom stereocenters. The Hall–Kier alpha value is -1.45. The first-order chi connectivity index (χ1) is 8.79. The zero-order chi connectivity index (χ0) is 12.8. The van der Waals surface area contributed by atoms with Crippen molar-refractivity contribution in [3.05, 3.63) is 12.1 Å². The van der Waals surface area contributed by atoms with Crippen LogP contribution in [0.3, 0.4) is 0 Å². The molecular weight excluding hydrogens is 226 g/mol. The highest BCUT2D eigenvalue weighted by atomic mass is 16.5. The number of nitrogens with one attached hydrogen (secondary N) is 1. The summed E-state index contributed by atoms with van der Waals surface area (Å²) in [6, 6.07) is 3.61. The highest BCUT2D eigenvalue weighted by Gasteiger charge is 2.13. The fourth-order valence-electron chi connectivity index (χ4n) is 2.58. The van der Waals surface area contributed by atoms with Gasteiger partial charge in [-0.3, -0.25) is 0 Å². The van der Waals surface area contributed by atoms with Gasteiger partial charge in [-0.25, -0.2) is 0 Å². The van der Waals surface area contributed by atoms with E-state index in [1.54, 1.807) is 13.2 Å². The van der Waals surface area contributed by atoms with E-state index in [0.29, 0.717) is 11.6 Å². The molecule has 2 rings (SSSR count). The Morgan fingerprint density at radius 3 is 2.83 bits per heavy atom.